The zero-order valence-corrected chi connectivity index (χ0v) is 24.5. The summed E-state index contributed by atoms with van der Waals surface area (Å²) in [6.45, 7) is 4.63. The first-order chi connectivity index (χ1) is 21.9. The van der Waals surface area contributed by atoms with Crippen molar-refractivity contribution in [2.24, 2.45) is 0 Å². The molecule has 3 heterocycles. The molecule has 4 aromatic rings. The van der Waals surface area contributed by atoms with E-state index in [1.54, 1.807) is 50.2 Å². The first-order valence-corrected chi connectivity index (χ1v) is 14.6. The van der Waals surface area contributed by atoms with Crippen LogP contribution in [0.2, 0.25) is 0 Å². The Bertz CT molecular complexity index is 1660. The van der Waals surface area contributed by atoms with Gasteiger partial charge >= 0.3 is 6.03 Å². The number of hydrazine groups is 1. The lowest BCUT2D eigenvalue weighted by Crippen LogP contribution is -2.76. The van der Waals surface area contributed by atoms with Crippen molar-refractivity contribution in [2.45, 2.75) is 31.7 Å². The maximum atomic E-state index is 14.2. The second kappa shape index (κ2) is 13.0. The second-order valence-electron chi connectivity index (χ2n) is 11.0. The lowest BCUT2D eigenvalue weighted by molar-refractivity contribution is -0.189. The van der Waals surface area contributed by atoms with E-state index < -0.39 is 12.2 Å². The van der Waals surface area contributed by atoms with E-state index in [0.29, 0.717) is 12.4 Å². The fraction of sp³-hybridized carbons (Fsp3) is 0.250. The summed E-state index contributed by atoms with van der Waals surface area (Å²) < 4.78 is 0. The van der Waals surface area contributed by atoms with Crippen molar-refractivity contribution in [2.75, 3.05) is 19.6 Å². The molecular weight excluding hydrogens is 574 g/mol. The number of amides is 4. The maximum absolute atomic E-state index is 14.2. The molecule has 2 fully saturated rings. The van der Waals surface area contributed by atoms with Crippen LogP contribution in [0, 0.1) is 0 Å². The lowest BCUT2D eigenvalue weighted by Gasteiger charge is -2.55. The summed E-state index contributed by atoms with van der Waals surface area (Å²) in [4.78, 5) is 45.1. The molecule has 6 rings (SSSR count). The highest BCUT2D eigenvalue weighted by Gasteiger charge is 2.51. The molecule has 230 valence electrons. The van der Waals surface area contributed by atoms with E-state index in [2.05, 4.69) is 32.5 Å². The number of carbonyl (C=O) groups excluding carboxylic acids is 3. The SMILES string of the molecule is C=CCN1CC(=O)N2[C@@H](Cc3ccc(O)cc3)C(=O)N(Cc3cccc(-c4nnn[nH]4)c3)C[C@@H]2N1C(=O)NCc1ccccc1. The number of aromatic amines is 1. The number of nitrogens with one attached hydrogen (secondary N) is 2. The van der Waals surface area contributed by atoms with Crippen LogP contribution in [0.1, 0.15) is 16.7 Å². The average molecular weight is 608 g/mol. The van der Waals surface area contributed by atoms with Gasteiger partial charge in [-0.3, -0.25) is 9.59 Å². The van der Waals surface area contributed by atoms with Crippen molar-refractivity contribution in [1.29, 1.82) is 0 Å². The van der Waals surface area contributed by atoms with Crippen LogP contribution in [-0.2, 0) is 29.1 Å². The molecular formula is C32H33N9O4. The number of H-pyrrole nitrogens is 1. The molecule has 2 aliphatic rings. The Kier molecular flexibility index (Phi) is 8.51. The number of phenols is 1. The smallest absolute Gasteiger partial charge is 0.334 e. The molecule has 13 heteroatoms. The van der Waals surface area contributed by atoms with Crippen molar-refractivity contribution < 1.29 is 19.5 Å². The number of aromatic nitrogens is 4. The topological polar surface area (TPSA) is 151 Å². The third kappa shape index (κ3) is 6.38. The molecule has 0 saturated carbocycles. The molecule has 0 unspecified atom stereocenters. The van der Waals surface area contributed by atoms with E-state index in [1.165, 1.54) is 0 Å². The molecule has 4 amide bonds. The van der Waals surface area contributed by atoms with Crippen molar-refractivity contribution in [3.63, 3.8) is 0 Å². The van der Waals surface area contributed by atoms with Gasteiger partial charge in [-0.05, 0) is 45.3 Å². The monoisotopic (exact) mass is 607 g/mol. The summed E-state index contributed by atoms with van der Waals surface area (Å²) in [5.41, 5.74) is 3.29. The molecule has 0 radical (unpaired) electrons. The van der Waals surface area contributed by atoms with E-state index >= 15 is 0 Å². The van der Waals surface area contributed by atoms with Crippen LogP contribution in [0.25, 0.3) is 11.4 Å². The third-order valence-corrected chi connectivity index (χ3v) is 7.95. The van der Waals surface area contributed by atoms with Crippen LogP contribution < -0.4 is 5.32 Å². The van der Waals surface area contributed by atoms with Gasteiger partial charge in [0.1, 0.15) is 18.0 Å². The molecule has 2 atom stereocenters. The first-order valence-electron chi connectivity index (χ1n) is 14.6. The standard InChI is InChI=1S/C32H33N9O4/c1-2-15-39-21-29(43)40-27(17-22-11-13-26(42)14-12-22)31(44)38(19-24-9-6-10-25(16-24)30-34-36-37-35-30)20-28(40)41(39)32(45)33-18-23-7-4-3-5-8-23/h2-14,16,27-28,42H,1,15,17-21H2,(H,33,45)(H,34,35,36,37)/t27-,28-/m0/s1. The Balaban J connectivity index is 1.34. The fourth-order valence-corrected chi connectivity index (χ4v) is 5.87. The molecule has 2 saturated heterocycles. The van der Waals surface area contributed by atoms with Gasteiger partial charge in [0, 0.05) is 31.6 Å². The van der Waals surface area contributed by atoms with E-state index in [1.807, 2.05) is 54.6 Å². The van der Waals surface area contributed by atoms with E-state index in [9.17, 15) is 19.5 Å². The number of nitrogens with zero attached hydrogens (tertiary/aromatic N) is 7. The van der Waals surface area contributed by atoms with Crippen LogP contribution in [0.4, 0.5) is 4.79 Å². The lowest BCUT2D eigenvalue weighted by atomic mass is 9.98. The quantitative estimate of drug-likeness (QED) is 0.245. The van der Waals surface area contributed by atoms with Gasteiger partial charge in [0.05, 0.1) is 13.1 Å². The van der Waals surface area contributed by atoms with Crippen LogP contribution in [-0.4, -0.2) is 95.2 Å². The maximum Gasteiger partial charge on any atom is 0.334 e. The third-order valence-electron chi connectivity index (χ3n) is 7.95. The Hall–Kier alpha value is -5.56. The minimum atomic E-state index is -0.877. The number of fused-ring (bicyclic) bond motifs is 1. The van der Waals surface area contributed by atoms with Crippen LogP contribution >= 0.6 is 0 Å². The van der Waals surface area contributed by atoms with Crippen LogP contribution in [0.5, 0.6) is 5.75 Å². The van der Waals surface area contributed by atoms with E-state index in [0.717, 1.165) is 22.3 Å². The zero-order valence-electron chi connectivity index (χ0n) is 24.5. The summed E-state index contributed by atoms with van der Waals surface area (Å²) in [7, 11) is 0. The van der Waals surface area contributed by atoms with Gasteiger partial charge in [-0.15, -0.1) is 11.7 Å². The Morgan fingerprint density at radius 1 is 1.02 bits per heavy atom. The first kappa shape index (κ1) is 29.5. The number of tetrazole rings is 1. The summed E-state index contributed by atoms with van der Waals surface area (Å²) in [6, 6.07) is 22.4. The van der Waals surface area contributed by atoms with Gasteiger partial charge in [0.25, 0.3) is 0 Å². The number of phenolic OH excluding ortho intramolecular Hbond substituents is 1. The van der Waals surface area contributed by atoms with Gasteiger partial charge in [-0.1, -0.05) is 66.7 Å². The minimum Gasteiger partial charge on any atom is -0.508 e. The normalized spacial score (nSPS) is 18.5. The van der Waals surface area contributed by atoms with Crippen molar-refractivity contribution in [3.8, 4) is 17.1 Å². The van der Waals surface area contributed by atoms with Crippen molar-refractivity contribution in [3.05, 3.63) is 108 Å². The summed E-state index contributed by atoms with van der Waals surface area (Å²) >= 11 is 0. The summed E-state index contributed by atoms with van der Waals surface area (Å²) in [6.07, 6.45) is 1.08. The predicted octanol–water partition coefficient (Wildman–Crippen LogP) is 2.31. The summed E-state index contributed by atoms with van der Waals surface area (Å²) in [5, 5.41) is 30.1. The Morgan fingerprint density at radius 3 is 2.53 bits per heavy atom. The van der Waals surface area contributed by atoms with Gasteiger partial charge in [0.15, 0.2) is 5.82 Å². The highest BCUT2D eigenvalue weighted by Crippen LogP contribution is 2.30. The van der Waals surface area contributed by atoms with Crippen molar-refractivity contribution in [1.82, 2.24) is 45.8 Å². The number of aromatic hydroxyl groups is 1. The molecule has 0 spiro atoms. The Labute approximate surface area is 259 Å². The second-order valence-corrected chi connectivity index (χ2v) is 11.0. The average Bonchev–Trinajstić information content (AvgIpc) is 3.59. The number of rotatable bonds is 9. The number of carbonyl (C=O) groups is 3. The molecule has 2 aliphatic heterocycles. The van der Waals surface area contributed by atoms with E-state index in [4.69, 9.17) is 0 Å². The number of benzene rings is 3. The fourth-order valence-electron chi connectivity index (χ4n) is 5.87. The van der Waals surface area contributed by atoms with Crippen LogP contribution in [0.15, 0.2) is 91.5 Å². The molecule has 3 N–H and O–H groups in total. The Morgan fingerprint density at radius 2 is 1.80 bits per heavy atom. The number of hydrogen-bond acceptors (Lipinski definition) is 8. The van der Waals surface area contributed by atoms with Gasteiger partial charge < -0.3 is 20.2 Å². The number of hydrogen-bond donors (Lipinski definition) is 3. The highest BCUT2D eigenvalue weighted by molar-refractivity contribution is 5.91. The largest absolute Gasteiger partial charge is 0.508 e. The predicted molar refractivity (Wildman–Crippen MR) is 164 cm³/mol. The molecule has 0 aliphatic carbocycles. The highest BCUT2D eigenvalue weighted by atomic mass is 16.3. The zero-order chi connectivity index (χ0) is 31.3. The van der Waals surface area contributed by atoms with Gasteiger partial charge in [-0.2, -0.15) is 0 Å². The number of piperazine rings is 1. The van der Waals surface area contributed by atoms with Gasteiger partial charge in [0.2, 0.25) is 11.8 Å². The summed E-state index contributed by atoms with van der Waals surface area (Å²) in [5.74, 6) is 0.106. The molecule has 3 aromatic carbocycles. The minimum absolute atomic E-state index is 0.0894. The number of urea groups is 1. The molecule has 0 bridgehead atoms. The van der Waals surface area contributed by atoms with Gasteiger partial charge in [-0.25, -0.2) is 19.9 Å². The molecule has 13 nitrogen and oxygen atoms in total. The van der Waals surface area contributed by atoms with Crippen LogP contribution in [0.3, 0.4) is 0 Å². The van der Waals surface area contributed by atoms with Crippen molar-refractivity contribution >= 4 is 17.8 Å². The van der Waals surface area contributed by atoms with E-state index in [-0.39, 0.29) is 56.2 Å². The molecule has 1 aromatic heterocycles. The molecule has 45 heavy (non-hydrogen) atoms.